The highest BCUT2D eigenvalue weighted by molar-refractivity contribution is 5.84. The monoisotopic (exact) mass is 1390 g/mol. The summed E-state index contributed by atoms with van der Waals surface area (Å²) < 4.78 is 0. The van der Waals surface area contributed by atoms with Gasteiger partial charge in [0.2, 0.25) is 0 Å². The standard InChI is InChI=1S/5C10H9N.3C9H8N2.8C2H6/c1-8-2-3-10-7-11-5-4-9(10)6-8;1-8-2-3-9-4-5-11-7-10(9)6-8;1-8-4-5-9-3-2-6-11-10(9)7-8;1-8-6-9-4-2-3-5-10(9)7-11-8;1-8-6-7-9-4-2-3-5-10(9)11-8;1-7-4-5-8-9(11-7)3-2-6-10-8;1-7-10-6-8-4-2-3-5-9(8)11-7;1-7-6-10-8-4-2-3-5-9(8)11-7;8*1-2/h5*2-7H,1H3;3*2-6H,1H3;8*1-2H3. The third kappa shape index (κ3) is 33.1. The molecule has 0 atom stereocenters. The average Bonchev–Trinajstić information content (AvgIpc) is 0.942. The third-order valence-electron chi connectivity index (χ3n) is 13.6. The smallest absolute Gasteiger partial charge is 0.125 e. The van der Waals surface area contributed by atoms with Gasteiger partial charge in [0.15, 0.2) is 0 Å². The summed E-state index contributed by atoms with van der Waals surface area (Å²) in [6.45, 7) is 48.1. The van der Waals surface area contributed by atoms with Crippen molar-refractivity contribution in [1.29, 1.82) is 0 Å². The van der Waals surface area contributed by atoms with Gasteiger partial charge in [-0.05, 0) is 168 Å². The molecule has 104 heavy (non-hydrogen) atoms. The van der Waals surface area contributed by atoms with Crippen LogP contribution in [0.4, 0.5) is 0 Å². The predicted molar refractivity (Wildman–Crippen MR) is 456 cm³/mol. The van der Waals surface area contributed by atoms with Gasteiger partial charge in [-0.2, -0.15) is 0 Å². The SMILES string of the molecule is CC.CC.CC.CC.CC.CC.CC.CC.Cc1cc2ccccc2cn1.Cc1ccc2ccccc2n1.Cc1ccc2cccnc2c1.Cc1ccc2ccncc2c1.Cc1ccc2cnccc2c1.Cc1ccc2ncccc2n1.Cc1cnc2ccccc2n1.Cc1ncc2ccccc2n1. The fourth-order valence-electron chi connectivity index (χ4n) is 9.12. The van der Waals surface area contributed by atoms with Crippen molar-refractivity contribution in [2.75, 3.05) is 0 Å². The zero-order chi connectivity index (χ0) is 77.5. The fraction of sp³-hybridized carbons (Fsp3) is 0.258. The Bertz CT molecular complexity index is 3970. The van der Waals surface area contributed by atoms with Crippen molar-refractivity contribution >= 4 is 87.1 Å². The molecule has 9 aromatic heterocycles. The number of hydrogen-bond donors (Lipinski definition) is 0. The number of aryl methyl sites for hydroxylation is 8. The number of hydrogen-bond acceptors (Lipinski definition) is 11. The van der Waals surface area contributed by atoms with Crippen LogP contribution in [0.25, 0.3) is 87.1 Å². The zero-order valence-corrected chi connectivity index (χ0v) is 66.9. The van der Waals surface area contributed by atoms with E-state index in [2.05, 4.69) is 167 Å². The topological polar surface area (TPSA) is 142 Å². The molecule has 0 spiro atoms. The predicted octanol–water partition coefficient (Wildman–Crippen LogP) is 26.7. The molecule has 7 aromatic carbocycles. The summed E-state index contributed by atoms with van der Waals surface area (Å²) in [5.41, 5.74) is 15.0. The molecular weight excluding hydrogens is 1270 g/mol. The summed E-state index contributed by atoms with van der Waals surface area (Å²) in [6.07, 6.45) is 16.5. The van der Waals surface area contributed by atoms with Crippen LogP contribution < -0.4 is 0 Å². The van der Waals surface area contributed by atoms with Crippen molar-refractivity contribution in [3.8, 4) is 0 Å². The maximum atomic E-state index is 4.38. The molecule has 0 N–H and O–H groups in total. The normalized spacial score (nSPS) is 9.15. The van der Waals surface area contributed by atoms with E-state index in [9.17, 15) is 0 Å². The fourth-order valence-corrected chi connectivity index (χ4v) is 9.12. The Kier molecular flexibility index (Phi) is 48.5. The molecule has 9 heterocycles. The van der Waals surface area contributed by atoms with Crippen molar-refractivity contribution < 1.29 is 0 Å². The highest BCUT2D eigenvalue weighted by atomic mass is 14.9. The second-order valence-corrected chi connectivity index (χ2v) is 20.9. The van der Waals surface area contributed by atoms with Crippen LogP contribution >= 0.6 is 0 Å². The van der Waals surface area contributed by atoms with Crippen LogP contribution in [0.2, 0.25) is 0 Å². The van der Waals surface area contributed by atoms with Gasteiger partial charge in [0.1, 0.15) is 5.82 Å². The molecule has 16 rings (SSSR count). The molecule has 0 radical (unpaired) electrons. The van der Waals surface area contributed by atoms with Gasteiger partial charge in [0, 0.05) is 105 Å². The molecule has 0 saturated carbocycles. The van der Waals surface area contributed by atoms with Crippen molar-refractivity contribution in [2.45, 2.75) is 166 Å². The van der Waals surface area contributed by atoms with E-state index in [0.29, 0.717) is 0 Å². The zero-order valence-electron chi connectivity index (χ0n) is 66.9. The van der Waals surface area contributed by atoms with Crippen LogP contribution in [-0.4, -0.2) is 54.8 Å². The first-order chi connectivity index (χ1) is 50.9. The van der Waals surface area contributed by atoms with E-state index >= 15 is 0 Å². The van der Waals surface area contributed by atoms with Crippen LogP contribution in [0.1, 0.15) is 156 Å². The van der Waals surface area contributed by atoms with Crippen LogP contribution in [0.5, 0.6) is 0 Å². The van der Waals surface area contributed by atoms with E-state index in [1.807, 2.05) is 316 Å². The molecule has 16 aromatic rings. The van der Waals surface area contributed by atoms with Crippen LogP contribution in [0.3, 0.4) is 0 Å². The minimum Gasteiger partial charge on any atom is -0.264 e. The molecule has 0 fully saturated rings. The molecular formula is C93H117N11. The number of para-hydroxylation sites is 4. The molecule has 0 aliphatic rings. The first-order valence-electron chi connectivity index (χ1n) is 37.0. The van der Waals surface area contributed by atoms with Crippen molar-refractivity contribution in [1.82, 2.24) is 54.8 Å². The van der Waals surface area contributed by atoms with Crippen molar-refractivity contribution in [3.05, 3.63) is 319 Å². The Hall–Kier alpha value is -11.2. The summed E-state index contributed by atoms with van der Waals surface area (Å²) in [5, 5.41) is 10.9. The lowest BCUT2D eigenvalue weighted by Gasteiger charge is -1.96. The second-order valence-electron chi connectivity index (χ2n) is 20.9. The van der Waals surface area contributed by atoms with Gasteiger partial charge in [-0.25, -0.2) is 15.0 Å². The molecule has 0 aliphatic heterocycles. The molecule has 544 valence electrons. The molecule has 0 aliphatic carbocycles. The number of fused-ring (bicyclic) bond motifs is 8. The summed E-state index contributed by atoms with van der Waals surface area (Å²) in [7, 11) is 0. The van der Waals surface area contributed by atoms with Gasteiger partial charge in [0.05, 0.1) is 44.3 Å². The van der Waals surface area contributed by atoms with E-state index in [1.165, 1.54) is 59.8 Å². The minimum absolute atomic E-state index is 0.823. The van der Waals surface area contributed by atoms with E-state index in [-0.39, 0.29) is 0 Å². The number of benzene rings is 7. The van der Waals surface area contributed by atoms with Crippen molar-refractivity contribution in [3.63, 3.8) is 0 Å². The summed E-state index contributed by atoms with van der Waals surface area (Å²) in [5.74, 6) is 0.823. The molecule has 0 saturated heterocycles. The van der Waals surface area contributed by atoms with E-state index in [1.54, 1.807) is 12.4 Å². The lowest BCUT2D eigenvalue weighted by atomic mass is 10.1. The Morgan fingerprint density at radius 2 is 0.558 bits per heavy atom. The molecule has 0 amide bonds. The summed E-state index contributed by atoms with van der Waals surface area (Å²) in [4.78, 5) is 46.3. The Morgan fingerprint density at radius 3 is 1.18 bits per heavy atom. The number of aromatic nitrogens is 11. The highest BCUT2D eigenvalue weighted by Crippen LogP contribution is 2.17. The van der Waals surface area contributed by atoms with Crippen LogP contribution in [-0.2, 0) is 0 Å². The lowest BCUT2D eigenvalue weighted by molar-refractivity contribution is 1.09. The van der Waals surface area contributed by atoms with E-state index in [0.717, 1.165) is 72.6 Å². The lowest BCUT2D eigenvalue weighted by Crippen LogP contribution is -1.86. The Morgan fingerprint density at radius 1 is 0.183 bits per heavy atom. The van der Waals surface area contributed by atoms with Gasteiger partial charge in [0.25, 0.3) is 0 Å². The van der Waals surface area contributed by atoms with Gasteiger partial charge < -0.3 is 0 Å². The largest absolute Gasteiger partial charge is 0.264 e. The molecule has 0 unspecified atom stereocenters. The van der Waals surface area contributed by atoms with Gasteiger partial charge in [-0.15, -0.1) is 0 Å². The third-order valence-corrected chi connectivity index (χ3v) is 13.6. The highest BCUT2D eigenvalue weighted by Gasteiger charge is 1.98. The summed E-state index contributed by atoms with van der Waals surface area (Å²) in [6, 6.07) is 73.3. The average molecular weight is 1390 g/mol. The molecule has 11 nitrogen and oxygen atoms in total. The quantitative estimate of drug-likeness (QED) is 0.143. The van der Waals surface area contributed by atoms with Gasteiger partial charge in [-0.1, -0.05) is 249 Å². The maximum Gasteiger partial charge on any atom is 0.125 e. The molecule has 11 heteroatoms. The van der Waals surface area contributed by atoms with E-state index in [4.69, 9.17) is 0 Å². The number of nitrogens with zero attached hydrogens (tertiary/aromatic N) is 11. The minimum atomic E-state index is 0.823. The maximum absolute atomic E-state index is 4.38. The molecule has 0 bridgehead atoms. The van der Waals surface area contributed by atoms with E-state index < -0.39 is 0 Å². The van der Waals surface area contributed by atoms with Gasteiger partial charge in [-0.3, -0.25) is 39.9 Å². The van der Waals surface area contributed by atoms with Gasteiger partial charge >= 0.3 is 0 Å². The first kappa shape index (κ1) is 90.8. The Labute approximate surface area is 624 Å². The van der Waals surface area contributed by atoms with Crippen LogP contribution in [0.15, 0.2) is 274 Å². The number of pyridine rings is 7. The van der Waals surface area contributed by atoms with Crippen LogP contribution in [0, 0.1) is 55.4 Å². The van der Waals surface area contributed by atoms with Crippen molar-refractivity contribution in [2.24, 2.45) is 0 Å². The first-order valence-corrected chi connectivity index (χ1v) is 37.0. The Balaban J connectivity index is 0.000000578. The summed E-state index contributed by atoms with van der Waals surface area (Å²) >= 11 is 0. The number of rotatable bonds is 0. The second kappa shape index (κ2) is 55.5.